The molecule has 3 heteroatoms. The molecule has 0 aromatic rings. The molecule has 0 aromatic heterocycles. The van der Waals surface area contributed by atoms with Crippen LogP contribution in [0, 0.1) is 11.8 Å². The van der Waals surface area contributed by atoms with Crippen molar-refractivity contribution >= 4 is 5.97 Å². The Bertz CT molecular complexity index is 156. The van der Waals surface area contributed by atoms with Crippen LogP contribution in [0.4, 0.5) is 0 Å². The number of hydrogen-bond acceptors (Lipinski definition) is 2. The topological polar surface area (TPSA) is 57.5 Å². The van der Waals surface area contributed by atoms with E-state index in [4.69, 9.17) is 5.11 Å². The quantitative estimate of drug-likeness (QED) is 0.669. The summed E-state index contributed by atoms with van der Waals surface area (Å²) in [6, 6.07) is 0. The minimum atomic E-state index is -0.891. The first-order chi connectivity index (χ1) is 6.04. The lowest BCUT2D eigenvalue weighted by Crippen LogP contribution is -2.32. The molecule has 0 amide bonds. The summed E-state index contributed by atoms with van der Waals surface area (Å²) in [5, 5.41) is 18.5. The number of carboxylic acid groups (broad SMARTS) is 1. The van der Waals surface area contributed by atoms with E-state index in [0.717, 1.165) is 12.8 Å². The normalized spacial score (nSPS) is 17.8. The van der Waals surface area contributed by atoms with Gasteiger partial charge in [-0.15, -0.1) is 0 Å². The highest BCUT2D eigenvalue weighted by Crippen LogP contribution is 2.20. The van der Waals surface area contributed by atoms with Crippen LogP contribution in [0.1, 0.15) is 40.0 Å². The molecule has 0 aliphatic heterocycles. The van der Waals surface area contributed by atoms with E-state index in [2.05, 4.69) is 0 Å². The van der Waals surface area contributed by atoms with Crippen LogP contribution in [-0.4, -0.2) is 22.3 Å². The van der Waals surface area contributed by atoms with Gasteiger partial charge in [0.2, 0.25) is 0 Å². The van der Waals surface area contributed by atoms with Gasteiger partial charge in [-0.05, 0) is 18.8 Å². The molecule has 78 valence electrons. The number of carbonyl (C=O) groups is 1. The lowest BCUT2D eigenvalue weighted by molar-refractivity contribution is -0.147. The fourth-order valence-corrected chi connectivity index (χ4v) is 1.58. The van der Waals surface area contributed by atoms with Crippen LogP contribution in [0.2, 0.25) is 0 Å². The van der Waals surface area contributed by atoms with Gasteiger partial charge >= 0.3 is 5.97 Å². The predicted octanol–water partition coefficient (Wildman–Crippen LogP) is 1.89. The summed E-state index contributed by atoms with van der Waals surface area (Å²) in [5.74, 6) is -1.43. The van der Waals surface area contributed by atoms with Gasteiger partial charge in [0.25, 0.3) is 0 Å². The van der Waals surface area contributed by atoms with Gasteiger partial charge in [0, 0.05) is 0 Å². The summed E-state index contributed by atoms with van der Waals surface area (Å²) in [6.45, 7) is 5.73. The first-order valence-corrected chi connectivity index (χ1v) is 4.95. The Morgan fingerprint density at radius 1 is 1.38 bits per heavy atom. The molecule has 0 spiro atoms. The molecule has 0 bridgehead atoms. The summed E-state index contributed by atoms with van der Waals surface area (Å²) in [4.78, 5) is 10.7. The van der Waals surface area contributed by atoms with E-state index in [1.54, 1.807) is 6.92 Å². The summed E-state index contributed by atoms with van der Waals surface area (Å²) < 4.78 is 0. The maximum atomic E-state index is 10.7. The molecule has 0 saturated carbocycles. The maximum absolute atomic E-state index is 10.7. The molecule has 0 rings (SSSR count). The van der Waals surface area contributed by atoms with Crippen molar-refractivity contribution in [3.63, 3.8) is 0 Å². The van der Waals surface area contributed by atoms with Gasteiger partial charge in [-0.25, -0.2) is 0 Å². The maximum Gasteiger partial charge on any atom is 0.309 e. The minimum absolute atomic E-state index is 0.0750. The summed E-state index contributed by atoms with van der Waals surface area (Å²) in [5.41, 5.74) is 0. The zero-order valence-corrected chi connectivity index (χ0v) is 8.66. The second-order valence-electron chi connectivity index (χ2n) is 3.61. The van der Waals surface area contributed by atoms with Crippen LogP contribution in [0.5, 0.6) is 0 Å². The Morgan fingerprint density at radius 2 is 1.92 bits per heavy atom. The van der Waals surface area contributed by atoms with E-state index >= 15 is 0 Å². The third-order valence-corrected chi connectivity index (χ3v) is 2.50. The molecular formula is C10H20O3. The molecule has 3 atom stereocenters. The molecule has 0 aromatic carbocycles. The van der Waals surface area contributed by atoms with Gasteiger partial charge in [-0.2, -0.15) is 0 Å². The molecule has 3 nitrogen and oxygen atoms in total. The lowest BCUT2D eigenvalue weighted by Gasteiger charge is -2.23. The highest BCUT2D eigenvalue weighted by molar-refractivity contribution is 5.70. The monoisotopic (exact) mass is 188 g/mol. The van der Waals surface area contributed by atoms with Crippen molar-refractivity contribution in [1.29, 1.82) is 0 Å². The Morgan fingerprint density at radius 3 is 2.23 bits per heavy atom. The Hall–Kier alpha value is -0.570. The van der Waals surface area contributed by atoms with Crippen LogP contribution >= 0.6 is 0 Å². The zero-order chi connectivity index (χ0) is 10.4. The van der Waals surface area contributed by atoms with Gasteiger partial charge in [0.1, 0.15) is 0 Å². The van der Waals surface area contributed by atoms with Gasteiger partial charge in [0.05, 0.1) is 12.0 Å². The van der Waals surface area contributed by atoms with E-state index in [9.17, 15) is 9.90 Å². The van der Waals surface area contributed by atoms with Crippen molar-refractivity contribution in [3.05, 3.63) is 0 Å². The number of aliphatic hydroxyl groups excluding tert-OH is 1. The highest BCUT2D eigenvalue weighted by atomic mass is 16.4. The lowest BCUT2D eigenvalue weighted by atomic mass is 9.88. The first kappa shape index (κ1) is 12.4. The average Bonchev–Trinajstić information content (AvgIpc) is 2.05. The zero-order valence-electron chi connectivity index (χ0n) is 8.66. The van der Waals surface area contributed by atoms with E-state index in [1.807, 2.05) is 13.8 Å². The number of rotatable bonds is 6. The molecule has 0 heterocycles. The van der Waals surface area contributed by atoms with E-state index in [1.165, 1.54) is 0 Å². The second kappa shape index (κ2) is 5.97. The van der Waals surface area contributed by atoms with Crippen LogP contribution in [-0.2, 0) is 4.79 Å². The largest absolute Gasteiger partial charge is 0.481 e. The van der Waals surface area contributed by atoms with Crippen molar-refractivity contribution in [1.82, 2.24) is 0 Å². The molecule has 0 aliphatic rings. The molecule has 0 aliphatic carbocycles. The number of aliphatic hydroxyl groups is 1. The number of aliphatic carboxylic acids is 1. The minimum Gasteiger partial charge on any atom is -0.481 e. The van der Waals surface area contributed by atoms with Crippen molar-refractivity contribution in [3.8, 4) is 0 Å². The molecule has 0 radical (unpaired) electrons. The van der Waals surface area contributed by atoms with Crippen molar-refractivity contribution < 1.29 is 15.0 Å². The molecule has 13 heavy (non-hydrogen) atoms. The molecule has 2 N–H and O–H groups in total. The highest BCUT2D eigenvalue weighted by Gasteiger charge is 2.28. The fourth-order valence-electron chi connectivity index (χ4n) is 1.58. The standard InChI is InChI=1S/C10H20O3/c1-4-6-7(3)9(11)8(5-2)10(12)13/h7-9,11H,4-6H2,1-3H3,(H,12,13). The molecule has 0 saturated heterocycles. The molecule has 0 fully saturated rings. The van der Waals surface area contributed by atoms with E-state index in [-0.39, 0.29) is 5.92 Å². The predicted molar refractivity (Wildman–Crippen MR) is 51.5 cm³/mol. The van der Waals surface area contributed by atoms with E-state index in [0.29, 0.717) is 6.42 Å². The first-order valence-electron chi connectivity index (χ1n) is 4.95. The molecule has 3 unspecified atom stereocenters. The van der Waals surface area contributed by atoms with Gasteiger partial charge < -0.3 is 10.2 Å². The number of carboxylic acids is 1. The third-order valence-electron chi connectivity index (χ3n) is 2.50. The third kappa shape index (κ3) is 3.77. The summed E-state index contributed by atoms with van der Waals surface area (Å²) in [7, 11) is 0. The fraction of sp³-hybridized carbons (Fsp3) is 0.900. The Labute approximate surface area is 79.8 Å². The SMILES string of the molecule is CCCC(C)C(O)C(CC)C(=O)O. The molecular weight excluding hydrogens is 168 g/mol. The van der Waals surface area contributed by atoms with E-state index < -0.39 is 18.0 Å². The van der Waals surface area contributed by atoms with Crippen molar-refractivity contribution in [2.45, 2.75) is 46.1 Å². The van der Waals surface area contributed by atoms with Gasteiger partial charge in [-0.3, -0.25) is 4.79 Å². The summed E-state index contributed by atoms with van der Waals surface area (Å²) >= 11 is 0. The van der Waals surface area contributed by atoms with Gasteiger partial charge in [0.15, 0.2) is 0 Å². The Balaban J connectivity index is 4.18. The second-order valence-corrected chi connectivity index (χ2v) is 3.61. The van der Waals surface area contributed by atoms with Crippen molar-refractivity contribution in [2.75, 3.05) is 0 Å². The van der Waals surface area contributed by atoms with Crippen LogP contribution < -0.4 is 0 Å². The van der Waals surface area contributed by atoms with Crippen LogP contribution in [0.15, 0.2) is 0 Å². The Kier molecular flexibility index (Phi) is 5.71. The van der Waals surface area contributed by atoms with Crippen LogP contribution in [0.25, 0.3) is 0 Å². The number of hydrogen-bond donors (Lipinski definition) is 2. The van der Waals surface area contributed by atoms with Gasteiger partial charge in [-0.1, -0.05) is 27.2 Å². The van der Waals surface area contributed by atoms with Crippen LogP contribution in [0.3, 0.4) is 0 Å². The smallest absolute Gasteiger partial charge is 0.309 e. The summed E-state index contributed by atoms with van der Waals surface area (Å²) in [6.07, 6.45) is 1.64. The van der Waals surface area contributed by atoms with Crippen molar-refractivity contribution in [2.24, 2.45) is 11.8 Å². The average molecular weight is 188 g/mol.